The summed E-state index contributed by atoms with van der Waals surface area (Å²) in [5.74, 6) is -0.0124. The molecule has 0 unspecified atom stereocenters. The summed E-state index contributed by atoms with van der Waals surface area (Å²) >= 11 is 1.73. The third-order valence-corrected chi connectivity index (χ3v) is 6.31. The van der Waals surface area contributed by atoms with Crippen LogP contribution in [-0.2, 0) is 13.0 Å². The molecule has 2 aromatic rings. The Morgan fingerprint density at radius 1 is 1.08 bits per heavy atom. The Morgan fingerprint density at radius 2 is 1.76 bits per heavy atom. The summed E-state index contributed by atoms with van der Waals surface area (Å²) in [7, 11) is 0. The van der Waals surface area contributed by atoms with Gasteiger partial charge < -0.3 is 15.1 Å². The summed E-state index contributed by atoms with van der Waals surface area (Å²) in [5, 5.41) is 4.18. The van der Waals surface area contributed by atoms with E-state index in [0.29, 0.717) is 5.56 Å². The standard InChI is InChI=1S/C20H27N3OS/c1-3-18-14-17(15-23-12-10-22(4-2)11-13-23)20(25-18)21-19(24)16-8-6-5-7-9-16/h5-9,14H,3-4,10-13,15H2,1-2H3,(H,21,24)/p+2. The number of nitrogens with one attached hydrogen (secondary N) is 3. The molecule has 0 radical (unpaired) electrons. The van der Waals surface area contributed by atoms with E-state index in [1.165, 1.54) is 43.2 Å². The quantitative estimate of drug-likeness (QED) is 0.703. The first-order chi connectivity index (χ1) is 12.2. The summed E-state index contributed by atoms with van der Waals surface area (Å²) in [5.41, 5.74) is 2.01. The van der Waals surface area contributed by atoms with Gasteiger partial charge in [0.2, 0.25) is 0 Å². The van der Waals surface area contributed by atoms with Crippen molar-refractivity contribution in [2.75, 3.05) is 38.0 Å². The lowest BCUT2D eigenvalue weighted by molar-refractivity contribution is -1.02. The first kappa shape index (κ1) is 18.1. The lowest BCUT2D eigenvalue weighted by Gasteiger charge is -2.29. The normalized spacial score (nSPS) is 20.4. The lowest BCUT2D eigenvalue weighted by atomic mass is 10.2. The summed E-state index contributed by atoms with van der Waals surface area (Å²) < 4.78 is 0. The zero-order valence-corrected chi connectivity index (χ0v) is 16.0. The van der Waals surface area contributed by atoms with Crippen LogP contribution >= 0.6 is 11.3 Å². The molecule has 0 atom stereocenters. The van der Waals surface area contributed by atoms with Gasteiger partial charge in [0.25, 0.3) is 5.91 Å². The fraction of sp³-hybridized carbons (Fsp3) is 0.450. The van der Waals surface area contributed by atoms with Crippen LogP contribution in [0.4, 0.5) is 5.00 Å². The molecule has 2 heterocycles. The second-order valence-electron chi connectivity index (χ2n) is 6.77. The van der Waals surface area contributed by atoms with Crippen LogP contribution in [0.1, 0.15) is 34.6 Å². The topological polar surface area (TPSA) is 38.0 Å². The Labute approximate surface area is 154 Å². The molecule has 5 heteroatoms. The van der Waals surface area contributed by atoms with Crippen molar-refractivity contribution in [2.24, 2.45) is 0 Å². The number of hydrogen-bond acceptors (Lipinski definition) is 2. The molecule has 3 rings (SSSR count). The van der Waals surface area contributed by atoms with Gasteiger partial charge in [-0.25, -0.2) is 0 Å². The summed E-state index contributed by atoms with van der Waals surface area (Å²) in [6.07, 6.45) is 1.02. The number of amides is 1. The van der Waals surface area contributed by atoms with Gasteiger partial charge in [-0.2, -0.15) is 0 Å². The van der Waals surface area contributed by atoms with E-state index in [0.717, 1.165) is 18.0 Å². The molecule has 1 fully saturated rings. The van der Waals surface area contributed by atoms with Gasteiger partial charge in [-0.15, -0.1) is 11.3 Å². The van der Waals surface area contributed by atoms with Gasteiger partial charge in [-0.1, -0.05) is 25.1 Å². The SMILES string of the molecule is CCc1cc(C[NH+]2CC[NH+](CC)CC2)c(NC(=O)c2ccccc2)s1. The minimum atomic E-state index is -0.0124. The number of piperazine rings is 1. The molecule has 25 heavy (non-hydrogen) atoms. The highest BCUT2D eigenvalue weighted by atomic mass is 32.1. The van der Waals surface area contributed by atoms with Crippen LogP contribution < -0.4 is 15.1 Å². The van der Waals surface area contributed by atoms with E-state index in [1.54, 1.807) is 21.1 Å². The van der Waals surface area contributed by atoms with Crippen LogP contribution in [0.15, 0.2) is 36.4 Å². The van der Waals surface area contributed by atoms with Crippen molar-refractivity contribution in [3.05, 3.63) is 52.4 Å². The van der Waals surface area contributed by atoms with Crippen molar-refractivity contribution < 1.29 is 14.6 Å². The lowest BCUT2D eigenvalue weighted by Crippen LogP contribution is -3.27. The third-order valence-electron chi connectivity index (χ3n) is 5.08. The largest absolute Gasteiger partial charge is 0.326 e. The van der Waals surface area contributed by atoms with Crippen molar-refractivity contribution >= 4 is 22.2 Å². The van der Waals surface area contributed by atoms with Crippen LogP contribution in [0.25, 0.3) is 0 Å². The van der Waals surface area contributed by atoms with Crippen molar-refractivity contribution in [1.29, 1.82) is 0 Å². The van der Waals surface area contributed by atoms with Crippen LogP contribution in [-0.4, -0.2) is 38.6 Å². The second kappa shape index (κ2) is 8.61. The third kappa shape index (κ3) is 4.69. The van der Waals surface area contributed by atoms with E-state index in [4.69, 9.17) is 0 Å². The number of carbonyl (C=O) groups excluding carboxylic acids is 1. The predicted octanol–water partition coefficient (Wildman–Crippen LogP) is 0.866. The Bertz CT molecular complexity index is 690. The molecule has 4 nitrogen and oxygen atoms in total. The number of hydrogen-bond donors (Lipinski definition) is 3. The van der Waals surface area contributed by atoms with Crippen molar-refractivity contribution in [3.8, 4) is 0 Å². The number of aryl methyl sites for hydroxylation is 1. The number of likely N-dealkylation sites (N-methyl/N-ethyl adjacent to an activating group) is 1. The van der Waals surface area contributed by atoms with Gasteiger partial charge >= 0.3 is 0 Å². The molecule has 0 aliphatic carbocycles. The summed E-state index contributed by atoms with van der Waals surface area (Å²) in [4.78, 5) is 17.2. The van der Waals surface area contributed by atoms with Crippen LogP contribution in [0.2, 0.25) is 0 Å². The molecule has 3 N–H and O–H groups in total. The fourth-order valence-electron chi connectivity index (χ4n) is 3.42. The van der Waals surface area contributed by atoms with E-state index in [-0.39, 0.29) is 5.91 Å². The maximum absolute atomic E-state index is 12.5. The van der Waals surface area contributed by atoms with Crippen molar-refractivity contribution in [1.82, 2.24) is 0 Å². The Hall–Kier alpha value is -1.69. The molecule has 0 bridgehead atoms. The first-order valence-corrected chi connectivity index (χ1v) is 10.2. The molecule has 1 saturated heterocycles. The second-order valence-corrected chi connectivity index (χ2v) is 7.91. The van der Waals surface area contributed by atoms with E-state index in [2.05, 4.69) is 25.2 Å². The highest BCUT2D eigenvalue weighted by molar-refractivity contribution is 7.16. The number of quaternary nitrogens is 2. The van der Waals surface area contributed by atoms with Crippen molar-refractivity contribution in [3.63, 3.8) is 0 Å². The molecule has 1 aliphatic rings. The highest BCUT2D eigenvalue weighted by Crippen LogP contribution is 2.28. The Kier molecular flexibility index (Phi) is 6.24. The van der Waals surface area contributed by atoms with Crippen LogP contribution in [0.5, 0.6) is 0 Å². The van der Waals surface area contributed by atoms with Gasteiger partial charge in [-0.3, -0.25) is 4.79 Å². The van der Waals surface area contributed by atoms with Gasteiger partial charge in [0.1, 0.15) is 37.7 Å². The summed E-state index contributed by atoms with van der Waals surface area (Å²) in [6, 6.07) is 11.8. The number of thiophene rings is 1. The number of rotatable bonds is 6. The van der Waals surface area contributed by atoms with E-state index in [9.17, 15) is 4.79 Å². The minimum absolute atomic E-state index is 0.0124. The maximum atomic E-state index is 12.5. The number of carbonyl (C=O) groups is 1. The number of anilines is 1. The zero-order chi connectivity index (χ0) is 17.6. The minimum Gasteiger partial charge on any atom is -0.326 e. The Balaban J connectivity index is 1.69. The van der Waals surface area contributed by atoms with Gasteiger partial charge in [0, 0.05) is 16.0 Å². The number of benzene rings is 1. The van der Waals surface area contributed by atoms with E-state index in [1.807, 2.05) is 30.3 Å². The monoisotopic (exact) mass is 359 g/mol. The predicted molar refractivity (Wildman–Crippen MR) is 104 cm³/mol. The molecule has 1 amide bonds. The molecule has 0 spiro atoms. The van der Waals surface area contributed by atoms with Gasteiger partial charge in [0.05, 0.1) is 6.54 Å². The van der Waals surface area contributed by atoms with E-state index >= 15 is 0 Å². The van der Waals surface area contributed by atoms with E-state index < -0.39 is 0 Å². The molecule has 134 valence electrons. The van der Waals surface area contributed by atoms with Crippen LogP contribution in [0.3, 0.4) is 0 Å². The molecule has 1 aromatic carbocycles. The van der Waals surface area contributed by atoms with Crippen LogP contribution in [0, 0.1) is 0 Å². The van der Waals surface area contributed by atoms with Crippen molar-refractivity contribution in [2.45, 2.75) is 26.8 Å². The highest BCUT2D eigenvalue weighted by Gasteiger charge is 2.24. The fourth-order valence-corrected chi connectivity index (χ4v) is 4.43. The molecule has 1 aromatic heterocycles. The molecular formula is C20H29N3OS+2. The zero-order valence-electron chi connectivity index (χ0n) is 15.2. The molecule has 1 aliphatic heterocycles. The Morgan fingerprint density at radius 3 is 2.40 bits per heavy atom. The smallest absolute Gasteiger partial charge is 0.256 e. The molecule has 0 saturated carbocycles. The maximum Gasteiger partial charge on any atom is 0.256 e. The van der Waals surface area contributed by atoms with Gasteiger partial charge in [-0.05, 0) is 31.5 Å². The average molecular weight is 360 g/mol. The first-order valence-electron chi connectivity index (χ1n) is 9.34. The summed E-state index contributed by atoms with van der Waals surface area (Å²) in [6.45, 7) is 11.6. The average Bonchev–Trinajstić information content (AvgIpc) is 3.04. The molecular weight excluding hydrogens is 330 g/mol. The van der Waals surface area contributed by atoms with Gasteiger partial charge in [0.15, 0.2) is 0 Å².